The smallest absolute Gasteiger partial charge is 0.316 e. The second kappa shape index (κ2) is 5.46. The van der Waals surface area contributed by atoms with Gasteiger partial charge >= 0.3 is 6.03 Å². The first-order chi connectivity index (χ1) is 8.56. The van der Waals surface area contributed by atoms with E-state index < -0.39 is 6.03 Å². The van der Waals surface area contributed by atoms with Gasteiger partial charge in [0.15, 0.2) is 0 Å². The van der Waals surface area contributed by atoms with Crippen molar-refractivity contribution in [3.05, 3.63) is 23.2 Å². The molecule has 0 aliphatic carbocycles. The van der Waals surface area contributed by atoms with Gasteiger partial charge in [-0.1, -0.05) is 11.6 Å². The second-order valence-electron chi connectivity index (χ2n) is 4.44. The number of urea groups is 1. The number of likely N-dealkylation sites (N-methyl/N-ethyl adjacent to an activating group) is 1. The van der Waals surface area contributed by atoms with E-state index in [0.29, 0.717) is 10.7 Å². The molecule has 0 atom stereocenters. The lowest BCUT2D eigenvalue weighted by Gasteiger charge is -2.35. The number of hydrogen-bond donors (Lipinski definition) is 2. The first-order valence-corrected chi connectivity index (χ1v) is 6.23. The number of benzene rings is 1. The molecule has 1 aliphatic heterocycles. The molecule has 5 nitrogen and oxygen atoms in total. The number of halogens is 1. The third-order valence-electron chi connectivity index (χ3n) is 3.06. The van der Waals surface area contributed by atoms with E-state index >= 15 is 0 Å². The average Bonchev–Trinajstić information content (AvgIpc) is 2.32. The number of amides is 2. The SMILES string of the molecule is CN1CCN(c2cc(Cl)ccc2NC(N)=O)CC1. The van der Waals surface area contributed by atoms with Crippen LogP contribution < -0.4 is 16.0 Å². The Hall–Kier alpha value is -1.46. The molecule has 1 aliphatic rings. The van der Waals surface area contributed by atoms with Crippen molar-refractivity contribution in [2.45, 2.75) is 0 Å². The Bertz CT molecular complexity index is 444. The van der Waals surface area contributed by atoms with Crippen molar-refractivity contribution in [1.82, 2.24) is 4.90 Å². The summed E-state index contributed by atoms with van der Waals surface area (Å²) in [4.78, 5) is 15.5. The van der Waals surface area contributed by atoms with E-state index in [4.69, 9.17) is 17.3 Å². The molecular formula is C12H17ClN4O. The minimum Gasteiger partial charge on any atom is -0.367 e. The van der Waals surface area contributed by atoms with Gasteiger partial charge in [-0.15, -0.1) is 0 Å². The number of carbonyl (C=O) groups excluding carboxylic acids is 1. The zero-order valence-corrected chi connectivity index (χ0v) is 11.1. The fourth-order valence-corrected chi connectivity index (χ4v) is 2.22. The Balaban J connectivity index is 2.24. The fourth-order valence-electron chi connectivity index (χ4n) is 2.05. The first-order valence-electron chi connectivity index (χ1n) is 5.86. The molecule has 0 bridgehead atoms. The monoisotopic (exact) mass is 268 g/mol. The van der Waals surface area contributed by atoms with Crippen LogP contribution in [0.5, 0.6) is 0 Å². The summed E-state index contributed by atoms with van der Waals surface area (Å²) in [7, 11) is 2.10. The topological polar surface area (TPSA) is 61.6 Å². The van der Waals surface area contributed by atoms with E-state index in [1.165, 1.54) is 0 Å². The van der Waals surface area contributed by atoms with E-state index in [9.17, 15) is 4.79 Å². The summed E-state index contributed by atoms with van der Waals surface area (Å²) in [5.41, 5.74) is 6.80. The van der Waals surface area contributed by atoms with Gasteiger partial charge < -0.3 is 20.9 Å². The van der Waals surface area contributed by atoms with Crippen molar-refractivity contribution in [3.63, 3.8) is 0 Å². The minimum absolute atomic E-state index is 0.562. The zero-order valence-electron chi connectivity index (χ0n) is 10.3. The number of nitrogens with two attached hydrogens (primary N) is 1. The molecule has 1 saturated heterocycles. The number of carbonyl (C=O) groups is 1. The van der Waals surface area contributed by atoms with Gasteiger partial charge in [0.25, 0.3) is 0 Å². The number of anilines is 2. The molecular weight excluding hydrogens is 252 g/mol. The number of piperazine rings is 1. The highest BCUT2D eigenvalue weighted by molar-refractivity contribution is 6.31. The number of primary amides is 1. The molecule has 0 saturated carbocycles. The van der Waals surface area contributed by atoms with Crippen LogP contribution in [0.2, 0.25) is 5.02 Å². The third-order valence-corrected chi connectivity index (χ3v) is 3.30. The fraction of sp³-hybridized carbons (Fsp3) is 0.417. The number of nitrogens with one attached hydrogen (secondary N) is 1. The van der Waals surface area contributed by atoms with Gasteiger partial charge in [-0.3, -0.25) is 0 Å². The first kappa shape index (κ1) is 13.0. The molecule has 1 heterocycles. The summed E-state index contributed by atoms with van der Waals surface area (Å²) in [5, 5.41) is 3.29. The van der Waals surface area contributed by atoms with Gasteiger partial charge in [-0.25, -0.2) is 4.79 Å². The highest BCUT2D eigenvalue weighted by Gasteiger charge is 2.17. The number of rotatable bonds is 2. The Kier molecular flexibility index (Phi) is 3.93. The van der Waals surface area contributed by atoms with E-state index in [2.05, 4.69) is 22.2 Å². The predicted molar refractivity (Wildman–Crippen MR) is 74.4 cm³/mol. The van der Waals surface area contributed by atoms with Gasteiger partial charge in [-0.05, 0) is 25.2 Å². The molecule has 6 heteroatoms. The predicted octanol–water partition coefficient (Wildman–Crippen LogP) is 1.58. The van der Waals surface area contributed by atoms with Crippen LogP contribution in [0.15, 0.2) is 18.2 Å². The van der Waals surface area contributed by atoms with Gasteiger partial charge in [0, 0.05) is 31.2 Å². The summed E-state index contributed by atoms with van der Waals surface area (Å²) >= 11 is 6.02. The van der Waals surface area contributed by atoms with Crippen LogP contribution in [0.1, 0.15) is 0 Å². The molecule has 98 valence electrons. The Morgan fingerprint density at radius 2 is 2.00 bits per heavy atom. The van der Waals surface area contributed by atoms with Crippen molar-refractivity contribution >= 4 is 29.0 Å². The molecule has 0 radical (unpaired) electrons. The third kappa shape index (κ3) is 3.05. The highest BCUT2D eigenvalue weighted by Crippen LogP contribution is 2.30. The molecule has 0 aromatic heterocycles. The summed E-state index contributed by atoms with van der Waals surface area (Å²) in [5.74, 6) is 0. The Morgan fingerprint density at radius 3 is 2.61 bits per heavy atom. The zero-order chi connectivity index (χ0) is 13.1. The van der Waals surface area contributed by atoms with E-state index in [-0.39, 0.29) is 0 Å². The number of nitrogens with zero attached hydrogens (tertiary/aromatic N) is 2. The summed E-state index contributed by atoms with van der Waals surface area (Å²) in [6, 6.07) is 4.82. The summed E-state index contributed by atoms with van der Waals surface area (Å²) < 4.78 is 0. The molecule has 1 aromatic carbocycles. The lowest BCUT2D eigenvalue weighted by atomic mass is 10.2. The van der Waals surface area contributed by atoms with Gasteiger partial charge in [-0.2, -0.15) is 0 Å². The lowest BCUT2D eigenvalue weighted by Crippen LogP contribution is -2.44. The molecule has 2 amide bonds. The molecule has 0 unspecified atom stereocenters. The Labute approximate surface area is 111 Å². The summed E-state index contributed by atoms with van der Waals surface area (Å²) in [6.45, 7) is 3.79. The van der Waals surface area contributed by atoms with Crippen molar-refractivity contribution in [1.29, 1.82) is 0 Å². The maximum atomic E-state index is 11.0. The maximum Gasteiger partial charge on any atom is 0.316 e. The van der Waals surface area contributed by atoms with Crippen molar-refractivity contribution < 1.29 is 4.79 Å². The van der Waals surface area contributed by atoms with Crippen LogP contribution in [-0.4, -0.2) is 44.2 Å². The van der Waals surface area contributed by atoms with Crippen molar-refractivity contribution in [2.75, 3.05) is 43.4 Å². The van der Waals surface area contributed by atoms with Gasteiger partial charge in [0.1, 0.15) is 0 Å². The highest BCUT2D eigenvalue weighted by atomic mass is 35.5. The minimum atomic E-state index is -0.562. The van der Waals surface area contributed by atoms with E-state index in [1.54, 1.807) is 12.1 Å². The van der Waals surface area contributed by atoms with Crippen LogP contribution in [0, 0.1) is 0 Å². The van der Waals surface area contributed by atoms with Crippen molar-refractivity contribution in [2.24, 2.45) is 5.73 Å². The van der Waals surface area contributed by atoms with Gasteiger partial charge in [0.05, 0.1) is 11.4 Å². The largest absolute Gasteiger partial charge is 0.367 e. The molecule has 3 N–H and O–H groups in total. The van der Waals surface area contributed by atoms with E-state index in [0.717, 1.165) is 31.9 Å². The molecule has 0 spiro atoms. The molecule has 2 rings (SSSR count). The van der Waals surface area contributed by atoms with Crippen LogP contribution >= 0.6 is 11.6 Å². The summed E-state index contributed by atoms with van der Waals surface area (Å²) in [6.07, 6.45) is 0. The molecule has 1 fully saturated rings. The van der Waals surface area contributed by atoms with Crippen LogP contribution in [0.4, 0.5) is 16.2 Å². The molecule has 1 aromatic rings. The van der Waals surface area contributed by atoms with Crippen LogP contribution in [-0.2, 0) is 0 Å². The van der Waals surface area contributed by atoms with Crippen molar-refractivity contribution in [3.8, 4) is 0 Å². The maximum absolute atomic E-state index is 11.0. The second-order valence-corrected chi connectivity index (χ2v) is 4.88. The van der Waals surface area contributed by atoms with Crippen LogP contribution in [0.25, 0.3) is 0 Å². The van der Waals surface area contributed by atoms with Gasteiger partial charge in [0.2, 0.25) is 0 Å². The molecule has 18 heavy (non-hydrogen) atoms. The van der Waals surface area contributed by atoms with E-state index in [1.807, 2.05) is 6.07 Å². The Morgan fingerprint density at radius 1 is 1.33 bits per heavy atom. The quantitative estimate of drug-likeness (QED) is 0.856. The average molecular weight is 269 g/mol. The normalized spacial score (nSPS) is 16.7. The standard InChI is InChI=1S/C12H17ClN4O/c1-16-4-6-17(7-5-16)11-8-9(13)2-3-10(11)15-12(14)18/h2-3,8H,4-7H2,1H3,(H3,14,15,18). The lowest BCUT2D eigenvalue weighted by molar-refractivity contribution is 0.259. The van der Waals surface area contributed by atoms with Crippen LogP contribution in [0.3, 0.4) is 0 Å². The number of hydrogen-bond acceptors (Lipinski definition) is 3.